The van der Waals surface area contributed by atoms with Gasteiger partial charge in [0.25, 0.3) is 5.91 Å². The standard InChI is InChI=1S/C16H18N2O4S/c1-10(2)23(20,21)12-6-3-5-11(9-12)15(19)17-16-13-7-4-8-14(13)18-22-16/h3,5-6,9-10H,4,7-8H2,1-2H3,(H,17,19). The molecular weight excluding hydrogens is 316 g/mol. The molecule has 1 aliphatic rings. The van der Waals surface area contributed by atoms with Crippen molar-refractivity contribution in [3.05, 3.63) is 41.1 Å². The van der Waals surface area contributed by atoms with Crippen LogP contribution in [-0.2, 0) is 22.7 Å². The molecule has 0 saturated heterocycles. The maximum absolute atomic E-state index is 12.4. The third-order valence-electron chi connectivity index (χ3n) is 3.98. The van der Waals surface area contributed by atoms with Crippen molar-refractivity contribution in [2.75, 3.05) is 5.32 Å². The van der Waals surface area contributed by atoms with E-state index in [0.29, 0.717) is 5.88 Å². The van der Waals surface area contributed by atoms with Crippen LogP contribution < -0.4 is 5.32 Å². The number of aromatic nitrogens is 1. The highest BCUT2D eigenvalue weighted by atomic mass is 32.2. The van der Waals surface area contributed by atoms with Crippen LogP contribution in [0.25, 0.3) is 0 Å². The molecule has 23 heavy (non-hydrogen) atoms. The van der Waals surface area contributed by atoms with E-state index >= 15 is 0 Å². The lowest BCUT2D eigenvalue weighted by Gasteiger charge is -2.09. The van der Waals surface area contributed by atoms with E-state index < -0.39 is 21.0 Å². The number of sulfone groups is 1. The Morgan fingerprint density at radius 2 is 2.09 bits per heavy atom. The number of benzene rings is 1. The van der Waals surface area contributed by atoms with E-state index in [1.54, 1.807) is 26.0 Å². The van der Waals surface area contributed by atoms with E-state index in [0.717, 1.165) is 30.5 Å². The first kappa shape index (κ1) is 15.7. The number of hydrogen-bond acceptors (Lipinski definition) is 5. The second-order valence-corrected chi connectivity index (χ2v) is 8.37. The number of carbonyl (C=O) groups is 1. The normalized spacial score (nSPS) is 14.0. The Morgan fingerprint density at radius 1 is 1.30 bits per heavy atom. The molecule has 1 amide bonds. The molecule has 7 heteroatoms. The van der Waals surface area contributed by atoms with Gasteiger partial charge in [0.1, 0.15) is 0 Å². The molecule has 1 aromatic carbocycles. The summed E-state index contributed by atoms with van der Waals surface area (Å²) in [5, 5.41) is 6.08. The van der Waals surface area contributed by atoms with Crippen molar-refractivity contribution in [1.29, 1.82) is 0 Å². The fourth-order valence-corrected chi connectivity index (χ4v) is 3.69. The van der Waals surface area contributed by atoms with Crippen LogP contribution in [0.15, 0.2) is 33.7 Å². The summed E-state index contributed by atoms with van der Waals surface area (Å²) in [7, 11) is -3.42. The Balaban J connectivity index is 1.86. The molecule has 1 aliphatic carbocycles. The lowest BCUT2D eigenvalue weighted by molar-refractivity contribution is 0.102. The molecule has 0 radical (unpaired) electrons. The molecule has 3 rings (SSSR count). The van der Waals surface area contributed by atoms with E-state index in [4.69, 9.17) is 4.52 Å². The molecule has 1 N–H and O–H groups in total. The Bertz CT molecular complexity index is 853. The van der Waals surface area contributed by atoms with E-state index in [1.807, 2.05) is 0 Å². The van der Waals surface area contributed by atoms with Crippen molar-refractivity contribution in [2.45, 2.75) is 43.3 Å². The number of rotatable bonds is 4. The molecule has 0 aliphatic heterocycles. The van der Waals surface area contributed by atoms with Gasteiger partial charge in [-0.15, -0.1) is 0 Å². The number of nitrogens with zero attached hydrogens (tertiary/aromatic N) is 1. The van der Waals surface area contributed by atoms with Crippen molar-refractivity contribution in [3.8, 4) is 0 Å². The summed E-state index contributed by atoms with van der Waals surface area (Å²) in [4.78, 5) is 12.5. The van der Waals surface area contributed by atoms with Crippen LogP contribution in [-0.4, -0.2) is 24.7 Å². The molecule has 0 bridgehead atoms. The summed E-state index contributed by atoms with van der Waals surface area (Å²) in [6.07, 6.45) is 2.69. The van der Waals surface area contributed by atoms with Crippen molar-refractivity contribution in [1.82, 2.24) is 5.16 Å². The molecule has 0 atom stereocenters. The van der Waals surface area contributed by atoms with Gasteiger partial charge < -0.3 is 4.52 Å². The second-order valence-electron chi connectivity index (χ2n) is 5.87. The Hall–Kier alpha value is -2.15. The van der Waals surface area contributed by atoms with Gasteiger partial charge in [0.15, 0.2) is 9.84 Å². The maximum atomic E-state index is 12.4. The highest BCUT2D eigenvalue weighted by molar-refractivity contribution is 7.92. The summed E-state index contributed by atoms with van der Waals surface area (Å²) in [5.41, 5.74) is 2.09. The predicted molar refractivity (Wildman–Crippen MR) is 85.2 cm³/mol. The van der Waals surface area contributed by atoms with Gasteiger partial charge in [-0.3, -0.25) is 10.1 Å². The number of hydrogen-bond donors (Lipinski definition) is 1. The molecule has 0 unspecified atom stereocenters. The average Bonchev–Trinajstić information content (AvgIpc) is 3.12. The van der Waals surface area contributed by atoms with Crippen LogP contribution in [0.4, 0.5) is 5.88 Å². The van der Waals surface area contributed by atoms with Gasteiger partial charge in [-0.25, -0.2) is 8.42 Å². The molecule has 1 aromatic heterocycles. The number of amides is 1. The minimum Gasteiger partial charge on any atom is -0.338 e. The quantitative estimate of drug-likeness (QED) is 0.928. The van der Waals surface area contributed by atoms with Crippen LogP contribution in [0.1, 0.15) is 41.9 Å². The minimum absolute atomic E-state index is 0.142. The van der Waals surface area contributed by atoms with Gasteiger partial charge in [0.2, 0.25) is 5.88 Å². The molecule has 2 aromatic rings. The first-order chi connectivity index (χ1) is 10.9. The number of aryl methyl sites for hydroxylation is 1. The lowest BCUT2D eigenvalue weighted by Crippen LogP contribution is -2.16. The summed E-state index contributed by atoms with van der Waals surface area (Å²) in [5.74, 6) is -0.0451. The van der Waals surface area contributed by atoms with Crippen LogP contribution in [0.3, 0.4) is 0 Å². The van der Waals surface area contributed by atoms with Crippen molar-refractivity contribution < 1.29 is 17.7 Å². The largest absolute Gasteiger partial charge is 0.338 e. The second kappa shape index (κ2) is 5.81. The SMILES string of the molecule is CC(C)S(=O)(=O)c1cccc(C(=O)Nc2onc3c2CCC3)c1. The number of nitrogens with one attached hydrogen (secondary N) is 1. The van der Waals surface area contributed by atoms with Crippen LogP contribution in [0.5, 0.6) is 0 Å². The van der Waals surface area contributed by atoms with Crippen molar-refractivity contribution >= 4 is 21.6 Å². The average molecular weight is 334 g/mol. The predicted octanol–water partition coefficient (Wildman–Crippen LogP) is 2.60. The summed E-state index contributed by atoms with van der Waals surface area (Å²) in [6, 6.07) is 6.03. The maximum Gasteiger partial charge on any atom is 0.258 e. The highest BCUT2D eigenvalue weighted by Crippen LogP contribution is 2.28. The fraction of sp³-hybridized carbons (Fsp3) is 0.375. The summed E-state index contributed by atoms with van der Waals surface area (Å²) in [6.45, 7) is 3.22. The smallest absolute Gasteiger partial charge is 0.258 e. The zero-order chi connectivity index (χ0) is 16.6. The Morgan fingerprint density at radius 3 is 2.83 bits per heavy atom. The molecule has 6 nitrogen and oxygen atoms in total. The van der Waals surface area contributed by atoms with Crippen LogP contribution in [0.2, 0.25) is 0 Å². The summed E-state index contributed by atoms with van der Waals surface area (Å²) < 4.78 is 29.6. The van der Waals surface area contributed by atoms with E-state index in [-0.39, 0.29) is 10.5 Å². The molecule has 0 saturated carbocycles. The molecule has 0 fully saturated rings. The molecular formula is C16H18N2O4S. The lowest BCUT2D eigenvalue weighted by atomic mass is 10.2. The zero-order valence-electron chi connectivity index (χ0n) is 13.0. The number of fused-ring (bicyclic) bond motifs is 1. The number of anilines is 1. The Kier molecular flexibility index (Phi) is 3.97. The first-order valence-corrected chi connectivity index (χ1v) is 9.07. The van der Waals surface area contributed by atoms with Gasteiger partial charge in [0, 0.05) is 11.1 Å². The third-order valence-corrected chi connectivity index (χ3v) is 6.13. The molecule has 122 valence electrons. The molecule has 0 spiro atoms. The third kappa shape index (κ3) is 2.88. The zero-order valence-corrected chi connectivity index (χ0v) is 13.8. The van der Waals surface area contributed by atoms with E-state index in [1.165, 1.54) is 12.1 Å². The van der Waals surface area contributed by atoms with Crippen molar-refractivity contribution in [3.63, 3.8) is 0 Å². The minimum atomic E-state index is -3.42. The fourth-order valence-electron chi connectivity index (χ4n) is 2.59. The Labute approximate surface area is 134 Å². The van der Waals surface area contributed by atoms with Crippen LogP contribution >= 0.6 is 0 Å². The van der Waals surface area contributed by atoms with Gasteiger partial charge in [-0.05, 0) is 51.3 Å². The monoisotopic (exact) mass is 334 g/mol. The molecule has 1 heterocycles. The number of carbonyl (C=O) groups excluding carboxylic acids is 1. The van der Waals surface area contributed by atoms with Gasteiger partial charge in [-0.2, -0.15) is 0 Å². The van der Waals surface area contributed by atoms with Crippen molar-refractivity contribution in [2.24, 2.45) is 0 Å². The van der Waals surface area contributed by atoms with E-state index in [9.17, 15) is 13.2 Å². The highest BCUT2D eigenvalue weighted by Gasteiger charge is 2.24. The van der Waals surface area contributed by atoms with Gasteiger partial charge in [-0.1, -0.05) is 11.2 Å². The first-order valence-electron chi connectivity index (χ1n) is 7.52. The topological polar surface area (TPSA) is 89.3 Å². The van der Waals surface area contributed by atoms with E-state index in [2.05, 4.69) is 10.5 Å². The van der Waals surface area contributed by atoms with Gasteiger partial charge in [0.05, 0.1) is 15.8 Å². The van der Waals surface area contributed by atoms with Crippen LogP contribution in [0, 0.1) is 0 Å². The van der Waals surface area contributed by atoms with Gasteiger partial charge >= 0.3 is 0 Å². The summed E-state index contributed by atoms with van der Waals surface area (Å²) >= 11 is 0.